The van der Waals surface area contributed by atoms with Crippen LogP contribution >= 0.6 is 0 Å². The maximum absolute atomic E-state index is 12.6. The number of amides is 2. The molecule has 0 bridgehead atoms. The minimum absolute atomic E-state index is 0.0130. The second-order valence-electron chi connectivity index (χ2n) is 5.44. The molecule has 2 N–H and O–H groups in total. The third-order valence-electron chi connectivity index (χ3n) is 3.54. The van der Waals surface area contributed by atoms with Crippen molar-refractivity contribution in [1.82, 2.24) is 15.2 Å². The van der Waals surface area contributed by atoms with E-state index in [0.29, 0.717) is 11.1 Å². The number of hydrogen-bond acceptors (Lipinski definition) is 5. The van der Waals surface area contributed by atoms with Gasteiger partial charge in [0.1, 0.15) is 11.6 Å². The summed E-state index contributed by atoms with van der Waals surface area (Å²) in [5, 5.41) is 11.8. The van der Waals surface area contributed by atoms with E-state index in [0.717, 1.165) is 10.6 Å². The Balaban J connectivity index is 2.26. The largest absolute Gasteiger partial charge is 0.480 e. The van der Waals surface area contributed by atoms with Gasteiger partial charge in [-0.05, 0) is 26.0 Å². The number of pyridine rings is 1. The smallest absolute Gasteiger partial charge is 0.326 e. The average molecular weight is 333 g/mol. The summed E-state index contributed by atoms with van der Waals surface area (Å²) in [6.07, 6.45) is 0. The SMILES string of the molecule is CC(=O)NCCN(C(=O)c1cc2nc(C)ccc2o1)C(C)C(=O)O. The zero-order valence-corrected chi connectivity index (χ0v) is 13.7. The zero-order valence-electron chi connectivity index (χ0n) is 13.7. The van der Waals surface area contributed by atoms with Gasteiger partial charge < -0.3 is 19.7 Å². The Hall–Kier alpha value is -2.90. The molecule has 0 saturated carbocycles. The highest BCUT2D eigenvalue weighted by Gasteiger charge is 2.28. The topological polar surface area (TPSA) is 113 Å². The fraction of sp³-hybridized carbons (Fsp3) is 0.375. The molecule has 128 valence electrons. The minimum Gasteiger partial charge on any atom is -0.480 e. The maximum Gasteiger partial charge on any atom is 0.326 e. The number of aliphatic carboxylic acids is 1. The molecule has 2 aromatic rings. The lowest BCUT2D eigenvalue weighted by molar-refractivity contribution is -0.141. The number of furan rings is 1. The number of carboxylic acid groups (broad SMARTS) is 1. The molecule has 0 fully saturated rings. The van der Waals surface area contributed by atoms with Crippen molar-refractivity contribution in [3.63, 3.8) is 0 Å². The first kappa shape index (κ1) is 17.5. The van der Waals surface area contributed by atoms with Gasteiger partial charge in [-0.15, -0.1) is 0 Å². The number of aryl methyl sites for hydroxylation is 1. The molecular weight excluding hydrogens is 314 g/mol. The molecule has 1 atom stereocenters. The summed E-state index contributed by atoms with van der Waals surface area (Å²) < 4.78 is 5.49. The summed E-state index contributed by atoms with van der Waals surface area (Å²) in [6.45, 7) is 4.77. The van der Waals surface area contributed by atoms with E-state index in [9.17, 15) is 19.5 Å². The van der Waals surface area contributed by atoms with E-state index in [-0.39, 0.29) is 24.8 Å². The minimum atomic E-state index is -1.14. The predicted molar refractivity (Wildman–Crippen MR) is 85.6 cm³/mol. The first-order valence-corrected chi connectivity index (χ1v) is 7.45. The summed E-state index contributed by atoms with van der Waals surface area (Å²) in [7, 11) is 0. The number of carbonyl (C=O) groups is 3. The van der Waals surface area contributed by atoms with Crippen LogP contribution in [0.4, 0.5) is 0 Å². The lowest BCUT2D eigenvalue weighted by Crippen LogP contribution is -2.46. The molecule has 0 aliphatic heterocycles. The summed E-state index contributed by atoms with van der Waals surface area (Å²) >= 11 is 0. The molecule has 2 amide bonds. The Bertz CT molecular complexity index is 783. The third-order valence-corrected chi connectivity index (χ3v) is 3.54. The Kier molecular flexibility index (Phi) is 5.18. The standard InChI is InChI=1S/C16H19N3O5/c1-9-4-5-13-12(18-9)8-14(24-13)15(21)19(10(2)16(22)23)7-6-17-11(3)20/h4-5,8,10H,6-7H2,1-3H3,(H,17,20)(H,22,23). The van der Waals surface area contributed by atoms with Crippen molar-refractivity contribution >= 4 is 28.9 Å². The molecule has 0 aliphatic rings. The van der Waals surface area contributed by atoms with E-state index in [1.165, 1.54) is 19.9 Å². The molecule has 0 aromatic carbocycles. The highest BCUT2D eigenvalue weighted by Crippen LogP contribution is 2.20. The second kappa shape index (κ2) is 7.12. The van der Waals surface area contributed by atoms with Gasteiger partial charge in [-0.1, -0.05) is 0 Å². The van der Waals surface area contributed by atoms with Gasteiger partial charge in [0.05, 0.1) is 0 Å². The van der Waals surface area contributed by atoms with Crippen LogP contribution < -0.4 is 5.32 Å². The quantitative estimate of drug-likeness (QED) is 0.821. The molecule has 2 aromatic heterocycles. The fourth-order valence-electron chi connectivity index (χ4n) is 2.23. The second-order valence-corrected chi connectivity index (χ2v) is 5.44. The maximum atomic E-state index is 12.6. The van der Waals surface area contributed by atoms with E-state index < -0.39 is 17.9 Å². The lowest BCUT2D eigenvalue weighted by Gasteiger charge is -2.25. The van der Waals surface area contributed by atoms with Gasteiger partial charge in [-0.25, -0.2) is 9.78 Å². The number of nitrogens with zero attached hydrogens (tertiary/aromatic N) is 2. The van der Waals surface area contributed by atoms with Crippen molar-refractivity contribution in [2.24, 2.45) is 0 Å². The number of carbonyl (C=O) groups excluding carboxylic acids is 2. The van der Waals surface area contributed by atoms with E-state index >= 15 is 0 Å². The summed E-state index contributed by atoms with van der Waals surface area (Å²) in [4.78, 5) is 40.3. The fourth-order valence-corrected chi connectivity index (χ4v) is 2.23. The van der Waals surface area contributed by atoms with Gasteiger partial charge in [-0.3, -0.25) is 9.59 Å². The van der Waals surface area contributed by atoms with Gasteiger partial charge in [0.25, 0.3) is 5.91 Å². The molecule has 0 aliphatic carbocycles. The molecule has 1 unspecified atom stereocenters. The predicted octanol–water partition coefficient (Wildman–Crippen LogP) is 1.19. The average Bonchev–Trinajstić information content (AvgIpc) is 2.93. The first-order chi connectivity index (χ1) is 11.3. The molecule has 2 heterocycles. The van der Waals surface area contributed by atoms with Crippen molar-refractivity contribution in [3.05, 3.63) is 29.7 Å². The van der Waals surface area contributed by atoms with E-state index in [1.54, 1.807) is 12.1 Å². The Morgan fingerprint density at radius 1 is 1.38 bits per heavy atom. The van der Waals surface area contributed by atoms with Crippen LogP contribution in [0.5, 0.6) is 0 Å². The highest BCUT2D eigenvalue weighted by molar-refractivity contribution is 5.97. The van der Waals surface area contributed by atoms with Crippen LogP contribution in [0.1, 0.15) is 30.1 Å². The van der Waals surface area contributed by atoms with E-state index in [1.807, 2.05) is 6.92 Å². The molecule has 8 nitrogen and oxygen atoms in total. The van der Waals surface area contributed by atoms with Crippen molar-refractivity contribution in [2.75, 3.05) is 13.1 Å². The number of fused-ring (bicyclic) bond motifs is 1. The molecule has 24 heavy (non-hydrogen) atoms. The monoisotopic (exact) mass is 333 g/mol. The highest BCUT2D eigenvalue weighted by atomic mass is 16.4. The number of rotatable bonds is 6. The Morgan fingerprint density at radius 2 is 2.08 bits per heavy atom. The molecule has 0 saturated heterocycles. The first-order valence-electron chi connectivity index (χ1n) is 7.45. The van der Waals surface area contributed by atoms with Crippen LogP contribution in [-0.4, -0.2) is 51.9 Å². The van der Waals surface area contributed by atoms with Crippen LogP contribution in [0.3, 0.4) is 0 Å². The Morgan fingerprint density at radius 3 is 2.71 bits per heavy atom. The van der Waals surface area contributed by atoms with E-state index in [4.69, 9.17) is 4.42 Å². The van der Waals surface area contributed by atoms with Gasteiger partial charge >= 0.3 is 5.97 Å². The van der Waals surface area contributed by atoms with Crippen LogP contribution in [0.2, 0.25) is 0 Å². The van der Waals surface area contributed by atoms with Gasteiger partial charge in [0.2, 0.25) is 5.91 Å². The molecule has 0 radical (unpaired) electrons. The van der Waals surface area contributed by atoms with Crippen molar-refractivity contribution in [2.45, 2.75) is 26.8 Å². The number of hydrogen-bond donors (Lipinski definition) is 2. The summed E-state index contributed by atoms with van der Waals surface area (Å²) in [6, 6.07) is 3.89. The molecule has 8 heteroatoms. The molecular formula is C16H19N3O5. The van der Waals surface area contributed by atoms with Crippen molar-refractivity contribution < 1.29 is 23.9 Å². The number of carboxylic acids is 1. The van der Waals surface area contributed by atoms with Crippen molar-refractivity contribution in [1.29, 1.82) is 0 Å². The van der Waals surface area contributed by atoms with E-state index in [2.05, 4.69) is 10.3 Å². The normalized spacial score (nSPS) is 12.0. The van der Waals surface area contributed by atoms with Crippen LogP contribution in [0, 0.1) is 6.92 Å². The summed E-state index contributed by atoms with van der Waals surface area (Å²) in [5.41, 5.74) is 1.76. The Labute approximate surface area is 138 Å². The van der Waals surface area contributed by atoms with Gasteiger partial charge in [0, 0.05) is 31.8 Å². The third kappa shape index (κ3) is 3.89. The van der Waals surface area contributed by atoms with Crippen molar-refractivity contribution in [3.8, 4) is 0 Å². The number of aromatic nitrogens is 1. The molecule has 0 spiro atoms. The van der Waals surface area contributed by atoms with Gasteiger partial charge in [-0.2, -0.15) is 0 Å². The lowest BCUT2D eigenvalue weighted by atomic mass is 10.2. The molecule has 2 rings (SSSR count). The summed E-state index contributed by atoms with van der Waals surface area (Å²) in [5.74, 6) is -1.95. The van der Waals surface area contributed by atoms with Crippen LogP contribution in [-0.2, 0) is 9.59 Å². The van der Waals surface area contributed by atoms with Crippen LogP contribution in [0.25, 0.3) is 11.1 Å². The zero-order chi connectivity index (χ0) is 17.9. The van der Waals surface area contributed by atoms with Gasteiger partial charge in [0.15, 0.2) is 11.3 Å². The van der Waals surface area contributed by atoms with Crippen LogP contribution in [0.15, 0.2) is 22.6 Å². The number of nitrogens with one attached hydrogen (secondary N) is 1.